The van der Waals surface area contributed by atoms with Crippen molar-refractivity contribution in [3.05, 3.63) is 23.8 Å². The molecular weight excluding hydrogens is 346 g/mol. The first-order valence-corrected chi connectivity index (χ1v) is 9.75. The van der Waals surface area contributed by atoms with E-state index in [1.807, 2.05) is 4.90 Å². The maximum absolute atomic E-state index is 13.0. The molecule has 2 fully saturated rings. The fourth-order valence-corrected chi connectivity index (χ4v) is 4.34. The molecule has 2 unspecified atom stereocenters. The highest BCUT2D eigenvalue weighted by atomic mass is 16.5. The standard InChI is InChI=1S/C20H27N3O4/c1-26-15-5-6-17-16(10-15)18(24)22-12-20(27-17)7-3-9-23(13-20)19(25)14-4-2-8-21-11-14/h5-6,10,14,21H,2-4,7-9,11-13H2,1H3,(H,22,24). The van der Waals surface area contributed by atoms with E-state index in [4.69, 9.17) is 9.47 Å². The summed E-state index contributed by atoms with van der Waals surface area (Å²) in [5.41, 5.74) is -0.1000. The van der Waals surface area contributed by atoms with Crippen molar-refractivity contribution in [1.29, 1.82) is 0 Å². The molecule has 1 spiro atoms. The molecule has 3 aliphatic heterocycles. The monoisotopic (exact) mass is 373 g/mol. The van der Waals surface area contributed by atoms with Gasteiger partial charge < -0.3 is 25.0 Å². The number of nitrogens with one attached hydrogen (secondary N) is 2. The number of carbonyl (C=O) groups is 2. The summed E-state index contributed by atoms with van der Waals surface area (Å²) in [6, 6.07) is 5.28. The summed E-state index contributed by atoms with van der Waals surface area (Å²) in [4.78, 5) is 27.4. The van der Waals surface area contributed by atoms with Crippen molar-refractivity contribution in [1.82, 2.24) is 15.5 Å². The summed E-state index contributed by atoms with van der Waals surface area (Å²) >= 11 is 0. The van der Waals surface area contributed by atoms with Crippen LogP contribution in [0, 0.1) is 5.92 Å². The van der Waals surface area contributed by atoms with E-state index in [9.17, 15) is 9.59 Å². The van der Waals surface area contributed by atoms with Gasteiger partial charge in [0.2, 0.25) is 5.91 Å². The Labute approximate surface area is 159 Å². The number of amides is 2. The summed E-state index contributed by atoms with van der Waals surface area (Å²) in [5, 5.41) is 6.30. The maximum atomic E-state index is 13.0. The largest absolute Gasteiger partial charge is 0.497 e. The van der Waals surface area contributed by atoms with Gasteiger partial charge in [0, 0.05) is 13.1 Å². The minimum absolute atomic E-state index is 0.0471. The Hall–Kier alpha value is -2.28. The average Bonchev–Trinajstić information content (AvgIpc) is 2.84. The van der Waals surface area contributed by atoms with Crippen molar-refractivity contribution >= 4 is 11.8 Å². The van der Waals surface area contributed by atoms with Gasteiger partial charge in [-0.05, 0) is 50.4 Å². The Balaban J connectivity index is 1.55. The van der Waals surface area contributed by atoms with Gasteiger partial charge in [-0.2, -0.15) is 0 Å². The lowest BCUT2D eigenvalue weighted by Crippen LogP contribution is -2.59. The topological polar surface area (TPSA) is 79.9 Å². The number of hydrogen-bond acceptors (Lipinski definition) is 5. The van der Waals surface area contributed by atoms with Gasteiger partial charge in [0.1, 0.15) is 17.1 Å². The maximum Gasteiger partial charge on any atom is 0.255 e. The van der Waals surface area contributed by atoms with Crippen LogP contribution in [0.5, 0.6) is 11.5 Å². The molecule has 0 aliphatic carbocycles. The van der Waals surface area contributed by atoms with Crippen LogP contribution in [0.2, 0.25) is 0 Å². The van der Waals surface area contributed by atoms with Crippen molar-refractivity contribution < 1.29 is 19.1 Å². The van der Waals surface area contributed by atoms with Gasteiger partial charge in [-0.15, -0.1) is 0 Å². The van der Waals surface area contributed by atoms with E-state index < -0.39 is 5.60 Å². The highest BCUT2D eigenvalue weighted by Crippen LogP contribution is 2.34. The van der Waals surface area contributed by atoms with E-state index in [0.29, 0.717) is 30.2 Å². The van der Waals surface area contributed by atoms with Gasteiger partial charge in [-0.1, -0.05) is 0 Å². The fraction of sp³-hybridized carbons (Fsp3) is 0.600. The third-order valence-corrected chi connectivity index (χ3v) is 5.83. The van der Waals surface area contributed by atoms with Crippen molar-refractivity contribution in [3.8, 4) is 11.5 Å². The first-order chi connectivity index (χ1) is 13.1. The number of piperidine rings is 2. The molecule has 2 atom stereocenters. The van der Waals surface area contributed by atoms with Crippen LogP contribution < -0.4 is 20.1 Å². The highest BCUT2D eigenvalue weighted by molar-refractivity contribution is 5.97. The average molecular weight is 373 g/mol. The lowest BCUT2D eigenvalue weighted by molar-refractivity contribution is -0.141. The second-order valence-corrected chi connectivity index (χ2v) is 7.74. The van der Waals surface area contributed by atoms with Crippen LogP contribution in [0.1, 0.15) is 36.0 Å². The first kappa shape index (κ1) is 18.1. The van der Waals surface area contributed by atoms with Gasteiger partial charge in [0.25, 0.3) is 5.91 Å². The van der Waals surface area contributed by atoms with Gasteiger partial charge in [-0.25, -0.2) is 0 Å². The molecule has 0 radical (unpaired) electrons. The summed E-state index contributed by atoms with van der Waals surface area (Å²) < 4.78 is 11.6. The molecular formula is C20H27N3O4. The molecule has 7 heteroatoms. The third kappa shape index (κ3) is 3.60. The highest BCUT2D eigenvalue weighted by Gasteiger charge is 2.43. The van der Waals surface area contributed by atoms with E-state index >= 15 is 0 Å². The van der Waals surface area contributed by atoms with Crippen molar-refractivity contribution in [2.45, 2.75) is 31.3 Å². The smallest absolute Gasteiger partial charge is 0.255 e. The summed E-state index contributed by atoms with van der Waals surface area (Å²) in [6.07, 6.45) is 3.66. The molecule has 2 saturated heterocycles. The predicted molar refractivity (Wildman–Crippen MR) is 100 cm³/mol. The molecule has 0 bridgehead atoms. The van der Waals surface area contributed by atoms with E-state index in [1.54, 1.807) is 25.3 Å². The molecule has 1 aromatic carbocycles. The van der Waals surface area contributed by atoms with Crippen LogP contribution in [0.4, 0.5) is 0 Å². The van der Waals surface area contributed by atoms with Crippen LogP contribution in [0.3, 0.4) is 0 Å². The quantitative estimate of drug-likeness (QED) is 0.814. The van der Waals surface area contributed by atoms with Gasteiger partial charge >= 0.3 is 0 Å². The summed E-state index contributed by atoms with van der Waals surface area (Å²) in [6.45, 7) is 3.40. The minimum atomic E-state index is -0.578. The van der Waals surface area contributed by atoms with Crippen molar-refractivity contribution in [3.63, 3.8) is 0 Å². The molecule has 2 N–H and O–H groups in total. The van der Waals surface area contributed by atoms with Crippen LogP contribution in [-0.4, -0.2) is 62.1 Å². The van der Waals surface area contributed by atoms with Crippen LogP contribution >= 0.6 is 0 Å². The number of methoxy groups -OCH3 is 1. The lowest BCUT2D eigenvalue weighted by atomic mass is 9.90. The fourth-order valence-electron chi connectivity index (χ4n) is 4.34. The van der Waals surface area contributed by atoms with Gasteiger partial charge in [-0.3, -0.25) is 9.59 Å². The molecule has 3 heterocycles. The number of nitrogens with zero attached hydrogens (tertiary/aromatic N) is 1. The molecule has 146 valence electrons. The van der Waals surface area contributed by atoms with E-state index in [2.05, 4.69) is 10.6 Å². The zero-order chi connectivity index (χ0) is 18.9. The zero-order valence-corrected chi connectivity index (χ0v) is 15.8. The first-order valence-electron chi connectivity index (χ1n) is 9.75. The Morgan fingerprint density at radius 3 is 3.04 bits per heavy atom. The Morgan fingerprint density at radius 2 is 2.26 bits per heavy atom. The third-order valence-electron chi connectivity index (χ3n) is 5.83. The second kappa shape index (κ2) is 7.38. The number of ether oxygens (including phenoxy) is 2. The number of carbonyl (C=O) groups excluding carboxylic acids is 2. The van der Waals surface area contributed by atoms with Gasteiger partial charge in [0.05, 0.1) is 31.7 Å². The normalized spacial score (nSPS) is 28.0. The van der Waals surface area contributed by atoms with Crippen LogP contribution in [0.25, 0.3) is 0 Å². The van der Waals surface area contributed by atoms with E-state index in [-0.39, 0.29) is 17.7 Å². The SMILES string of the molecule is COc1ccc2c(c1)C(=O)NCC1(CCCN(C(=O)C3CCCNC3)C1)O2. The molecule has 0 aromatic heterocycles. The van der Waals surface area contributed by atoms with Gasteiger partial charge in [0.15, 0.2) is 0 Å². The molecule has 1 aromatic rings. The van der Waals surface area contributed by atoms with Crippen LogP contribution in [0.15, 0.2) is 18.2 Å². The van der Waals surface area contributed by atoms with Crippen molar-refractivity contribution in [2.75, 3.05) is 39.8 Å². The Bertz CT molecular complexity index is 732. The molecule has 27 heavy (non-hydrogen) atoms. The molecule has 0 saturated carbocycles. The predicted octanol–water partition coefficient (Wildman–Crippen LogP) is 1.18. The Morgan fingerprint density at radius 1 is 1.37 bits per heavy atom. The lowest BCUT2D eigenvalue weighted by Gasteiger charge is -2.43. The second-order valence-electron chi connectivity index (χ2n) is 7.74. The number of benzene rings is 1. The number of hydrogen-bond donors (Lipinski definition) is 2. The minimum Gasteiger partial charge on any atom is -0.497 e. The zero-order valence-electron chi connectivity index (χ0n) is 15.8. The van der Waals surface area contributed by atoms with E-state index in [1.165, 1.54) is 0 Å². The molecule has 3 aliphatic rings. The molecule has 2 amide bonds. The number of likely N-dealkylation sites (tertiary alicyclic amines) is 1. The summed E-state index contributed by atoms with van der Waals surface area (Å²) in [5.74, 6) is 1.26. The number of rotatable bonds is 2. The molecule has 4 rings (SSSR count). The summed E-state index contributed by atoms with van der Waals surface area (Å²) in [7, 11) is 1.57. The molecule has 7 nitrogen and oxygen atoms in total. The Kier molecular flexibility index (Phi) is 4.95. The number of fused-ring (bicyclic) bond motifs is 1. The van der Waals surface area contributed by atoms with Crippen molar-refractivity contribution in [2.24, 2.45) is 5.92 Å². The van der Waals surface area contributed by atoms with E-state index in [0.717, 1.165) is 45.3 Å². The van der Waals surface area contributed by atoms with Crippen LogP contribution in [-0.2, 0) is 4.79 Å².